The maximum Gasteiger partial charge on any atom is 0.225 e. The molecule has 1 amide bonds. The van der Waals surface area contributed by atoms with Gasteiger partial charge in [-0.25, -0.2) is 9.97 Å². The highest BCUT2D eigenvalue weighted by Gasteiger charge is 2.24. The normalized spacial score (nSPS) is 19.4. The fraction of sp³-hybridized carbons (Fsp3) is 0.500. The van der Waals surface area contributed by atoms with Crippen LogP contribution in [0.5, 0.6) is 0 Å². The fourth-order valence-electron chi connectivity index (χ4n) is 3.66. The number of carbonyl (C=O) groups is 1. The minimum Gasteiger partial charge on any atom is -0.376 e. The number of aryl methyl sites for hydroxylation is 1. The minimum absolute atomic E-state index is 0.0992. The molecule has 0 aromatic carbocycles. The van der Waals surface area contributed by atoms with Gasteiger partial charge in [0.2, 0.25) is 11.9 Å². The summed E-state index contributed by atoms with van der Waals surface area (Å²) < 4.78 is 5.45. The van der Waals surface area contributed by atoms with Crippen molar-refractivity contribution < 1.29 is 9.53 Å². The van der Waals surface area contributed by atoms with E-state index < -0.39 is 0 Å². The van der Waals surface area contributed by atoms with Crippen molar-refractivity contribution in [2.24, 2.45) is 0 Å². The second-order valence-electron chi connectivity index (χ2n) is 7.15. The van der Waals surface area contributed by atoms with Gasteiger partial charge in [-0.15, -0.1) is 0 Å². The number of pyridine rings is 1. The monoisotopic (exact) mass is 367 g/mol. The number of amides is 1. The predicted molar refractivity (Wildman–Crippen MR) is 101 cm³/mol. The Morgan fingerprint density at radius 3 is 3.11 bits per heavy atom. The standard InChI is InChI=1S/C20H25N5O2/c26-19(4-3-15-5-8-21-9-6-15)23-17-2-1-10-25(13-17)20-22-12-16-14-27-11-7-18(16)24-20/h5-6,8-9,12,17H,1-4,7,10-11,13-14H2,(H,23,26)/t17-/m0/s1. The molecule has 1 atom stereocenters. The Morgan fingerprint density at radius 1 is 1.33 bits per heavy atom. The molecule has 2 aliphatic heterocycles. The summed E-state index contributed by atoms with van der Waals surface area (Å²) in [4.78, 5) is 27.8. The molecule has 7 nitrogen and oxygen atoms in total. The Bertz CT molecular complexity index is 783. The third kappa shape index (κ3) is 4.60. The van der Waals surface area contributed by atoms with Crippen LogP contribution in [0, 0.1) is 0 Å². The maximum atomic E-state index is 12.3. The van der Waals surface area contributed by atoms with E-state index >= 15 is 0 Å². The molecule has 0 aliphatic carbocycles. The molecule has 0 spiro atoms. The first-order valence-corrected chi connectivity index (χ1v) is 9.64. The Kier molecular flexibility index (Phi) is 5.58. The van der Waals surface area contributed by atoms with Crippen LogP contribution in [-0.2, 0) is 29.0 Å². The van der Waals surface area contributed by atoms with Gasteiger partial charge in [0.05, 0.1) is 18.9 Å². The van der Waals surface area contributed by atoms with E-state index in [0.717, 1.165) is 68.1 Å². The van der Waals surface area contributed by atoms with Crippen LogP contribution in [0.1, 0.15) is 36.1 Å². The van der Waals surface area contributed by atoms with Gasteiger partial charge in [-0.3, -0.25) is 9.78 Å². The second-order valence-corrected chi connectivity index (χ2v) is 7.15. The molecule has 1 saturated heterocycles. The summed E-state index contributed by atoms with van der Waals surface area (Å²) >= 11 is 0. The number of hydrogen-bond acceptors (Lipinski definition) is 6. The van der Waals surface area contributed by atoms with Crippen LogP contribution >= 0.6 is 0 Å². The van der Waals surface area contributed by atoms with Crippen molar-refractivity contribution in [2.75, 3.05) is 24.6 Å². The first-order valence-electron chi connectivity index (χ1n) is 9.64. The average molecular weight is 367 g/mol. The first-order chi connectivity index (χ1) is 13.3. The van der Waals surface area contributed by atoms with E-state index in [1.54, 1.807) is 12.4 Å². The molecule has 1 N–H and O–H groups in total. The summed E-state index contributed by atoms with van der Waals surface area (Å²) in [6.07, 6.45) is 9.50. The molecule has 2 aromatic rings. The average Bonchev–Trinajstić information content (AvgIpc) is 2.73. The summed E-state index contributed by atoms with van der Waals surface area (Å²) in [5.74, 6) is 0.869. The van der Waals surface area contributed by atoms with Crippen LogP contribution in [0.2, 0.25) is 0 Å². The van der Waals surface area contributed by atoms with Gasteiger partial charge in [-0.2, -0.15) is 0 Å². The topological polar surface area (TPSA) is 80.2 Å². The Balaban J connectivity index is 1.32. The molecule has 0 saturated carbocycles. The predicted octanol–water partition coefficient (Wildman–Crippen LogP) is 1.66. The lowest BCUT2D eigenvalue weighted by Crippen LogP contribution is -2.48. The van der Waals surface area contributed by atoms with Crippen molar-refractivity contribution in [3.63, 3.8) is 0 Å². The molecule has 2 aliphatic rings. The second kappa shape index (κ2) is 8.43. The van der Waals surface area contributed by atoms with Crippen molar-refractivity contribution in [2.45, 2.75) is 44.8 Å². The molecule has 4 rings (SSSR count). The quantitative estimate of drug-likeness (QED) is 0.866. The first kappa shape index (κ1) is 17.9. The number of ether oxygens (including phenoxy) is 1. The van der Waals surface area contributed by atoms with Crippen molar-refractivity contribution in [3.8, 4) is 0 Å². The van der Waals surface area contributed by atoms with Gasteiger partial charge in [0.25, 0.3) is 0 Å². The molecular formula is C20H25N5O2. The third-order valence-electron chi connectivity index (χ3n) is 5.14. The smallest absolute Gasteiger partial charge is 0.225 e. The molecule has 7 heteroatoms. The highest BCUT2D eigenvalue weighted by atomic mass is 16.5. The molecule has 27 heavy (non-hydrogen) atoms. The van der Waals surface area contributed by atoms with E-state index in [1.807, 2.05) is 18.3 Å². The van der Waals surface area contributed by atoms with Crippen LogP contribution in [0.15, 0.2) is 30.7 Å². The van der Waals surface area contributed by atoms with Gasteiger partial charge < -0.3 is 15.0 Å². The number of carbonyl (C=O) groups excluding carboxylic acids is 1. The molecule has 142 valence electrons. The molecular weight excluding hydrogens is 342 g/mol. The van der Waals surface area contributed by atoms with Gasteiger partial charge in [0.1, 0.15) is 0 Å². The number of nitrogens with zero attached hydrogens (tertiary/aromatic N) is 4. The Hall–Kier alpha value is -2.54. The number of piperidine rings is 1. The van der Waals surface area contributed by atoms with Gasteiger partial charge in [-0.05, 0) is 37.0 Å². The van der Waals surface area contributed by atoms with Crippen LogP contribution in [0.3, 0.4) is 0 Å². The lowest BCUT2D eigenvalue weighted by molar-refractivity contribution is -0.121. The number of aromatic nitrogens is 3. The number of fused-ring (bicyclic) bond motifs is 1. The van der Waals surface area contributed by atoms with Crippen molar-refractivity contribution >= 4 is 11.9 Å². The zero-order valence-electron chi connectivity index (χ0n) is 15.4. The van der Waals surface area contributed by atoms with E-state index in [4.69, 9.17) is 9.72 Å². The third-order valence-corrected chi connectivity index (χ3v) is 5.14. The zero-order chi connectivity index (χ0) is 18.5. The SMILES string of the molecule is O=C(CCc1ccncc1)N[C@H]1CCCN(c2ncc3c(n2)CCOC3)C1. The lowest BCUT2D eigenvalue weighted by Gasteiger charge is -2.33. The lowest BCUT2D eigenvalue weighted by atomic mass is 10.1. The van der Waals surface area contributed by atoms with E-state index in [9.17, 15) is 4.79 Å². The Morgan fingerprint density at radius 2 is 2.22 bits per heavy atom. The fourth-order valence-corrected chi connectivity index (χ4v) is 3.66. The van der Waals surface area contributed by atoms with Gasteiger partial charge >= 0.3 is 0 Å². The van der Waals surface area contributed by atoms with Crippen LogP contribution < -0.4 is 10.2 Å². The molecule has 2 aromatic heterocycles. The summed E-state index contributed by atoms with van der Waals surface area (Å²) in [7, 11) is 0. The molecule has 1 fully saturated rings. The molecule has 0 bridgehead atoms. The molecule has 4 heterocycles. The highest BCUT2D eigenvalue weighted by Crippen LogP contribution is 2.20. The summed E-state index contributed by atoms with van der Waals surface area (Å²) in [6.45, 7) is 3.01. The summed E-state index contributed by atoms with van der Waals surface area (Å²) in [5.41, 5.74) is 3.31. The minimum atomic E-state index is 0.0992. The van der Waals surface area contributed by atoms with Gasteiger partial charge in [0.15, 0.2) is 0 Å². The highest BCUT2D eigenvalue weighted by molar-refractivity contribution is 5.76. The van der Waals surface area contributed by atoms with Crippen LogP contribution in [0.25, 0.3) is 0 Å². The number of hydrogen-bond donors (Lipinski definition) is 1. The van der Waals surface area contributed by atoms with Gasteiger partial charge in [0, 0.05) is 56.1 Å². The van der Waals surface area contributed by atoms with E-state index in [-0.39, 0.29) is 11.9 Å². The number of rotatable bonds is 5. The van der Waals surface area contributed by atoms with E-state index in [1.165, 1.54) is 0 Å². The number of anilines is 1. The number of nitrogens with one attached hydrogen (secondary N) is 1. The molecule has 0 radical (unpaired) electrons. The van der Waals surface area contributed by atoms with Crippen LogP contribution in [0.4, 0.5) is 5.95 Å². The zero-order valence-corrected chi connectivity index (χ0v) is 15.4. The Labute approximate surface area is 159 Å². The summed E-state index contributed by atoms with van der Waals surface area (Å²) in [6, 6.07) is 4.05. The van der Waals surface area contributed by atoms with Gasteiger partial charge in [-0.1, -0.05) is 0 Å². The molecule has 0 unspecified atom stereocenters. The van der Waals surface area contributed by atoms with Crippen molar-refractivity contribution in [1.82, 2.24) is 20.3 Å². The van der Waals surface area contributed by atoms with E-state index in [0.29, 0.717) is 13.0 Å². The largest absolute Gasteiger partial charge is 0.376 e. The van der Waals surface area contributed by atoms with Crippen LogP contribution in [-0.4, -0.2) is 46.6 Å². The summed E-state index contributed by atoms with van der Waals surface area (Å²) in [5, 5.41) is 3.18. The maximum absolute atomic E-state index is 12.3. The van der Waals surface area contributed by atoms with E-state index in [2.05, 4.69) is 20.2 Å². The van der Waals surface area contributed by atoms with Crippen molar-refractivity contribution in [1.29, 1.82) is 0 Å². The van der Waals surface area contributed by atoms with Crippen molar-refractivity contribution in [3.05, 3.63) is 47.5 Å².